The molecule has 1 amide bonds. The number of fused-ring (bicyclic) bond motifs is 1. The van der Waals surface area contributed by atoms with Crippen molar-refractivity contribution in [2.24, 2.45) is 0 Å². The Morgan fingerprint density at radius 1 is 1.00 bits per heavy atom. The molecule has 0 aromatic heterocycles. The van der Waals surface area contributed by atoms with Gasteiger partial charge >= 0.3 is 0 Å². The first kappa shape index (κ1) is 15.6. The predicted molar refractivity (Wildman–Crippen MR) is 86.1 cm³/mol. The van der Waals surface area contributed by atoms with Gasteiger partial charge in [-0.1, -0.05) is 30.3 Å². The van der Waals surface area contributed by atoms with Gasteiger partial charge in [0.2, 0.25) is 0 Å². The van der Waals surface area contributed by atoms with E-state index in [0.29, 0.717) is 0 Å². The Morgan fingerprint density at radius 3 is 2.30 bits per heavy atom. The number of hydrogen-bond acceptors (Lipinski definition) is 4. The van der Waals surface area contributed by atoms with Gasteiger partial charge in [0.05, 0.1) is 12.1 Å². The second-order valence-corrected chi connectivity index (χ2v) is 7.28. The van der Waals surface area contributed by atoms with Crippen LogP contribution in [-0.4, -0.2) is 31.8 Å². The summed E-state index contributed by atoms with van der Waals surface area (Å²) in [6, 6.07) is 12.0. The molecule has 1 aliphatic rings. The highest BCUT2D eigenvalue weighted by molar-refractivity contribution is 7.90. The zero-order chi connectivity index (χ0) is 16.6. The van der Waals surface area contributed by atoms with Crippen LogP contribution in [0.1, 0.15) is 21.5 Å². The summed E-state index contributed by atoms with van der Waals surface area (Å²) in [5, 5.41) is 0. The van der Waals surface area contributed by atoms with E-state index in [0.717, 1.165) is 21.2 Å². The van der Waals surface area contributed by atoms with Gasteiger partial charge in [-0.3, -0.25) is 4.79 Å². The van der Waals surface area contributed by atoms with Gasteiger partial charge in [0, 0.05) is 0 Å². The SMILES string of the molecule is Cc1cccc(C)c1OCCN1C(=O)c2ccccc2S1(=O)=O. The molecule has 0 atom stereocenters. The summed E-state index contributed by atoms with van der Waals surface area (Å²) in [5.41, 5.74) is 2.17. The Balaban J connectivity index is 1.76. The second-order valence-electron chi connectivity index (χ2n) is 5.45. The Labute approximate surface area is 135 Å². The van der Waals surface area contributed by atoms with Crippen molar-refractivity contribution >= 4 is 15.9 Å². The number of sulfonamides is 1. The van der Waals surface area contributed by atoms with E-state index in [1.54, 1.807) is 12.1 Å². The molecule has 0 unspecified atom stereocenters. The maximum Gasteiger partial charge on any atom is 0.269 e. The van der Waals surface area contributed by atoms with Crippen molar-refractivity contribution in [2.75, 3.05) is 13.2 Å². The minimum atomic E-state index is -3.77. The van der Waals surface area contributed by atoms with Crippen LogP contribution in [-0.2, 0) is 10.0 Å². The molecule has 0 radical (unpaired) electrons. The Bertz CT molecular complexity index is 854. The summed E-state index contributed by atoms with van der Waals surface area (Å²) in [6.45, 7) is 3.96. The lowest BCUT2D eigenvalue weighted by Gasteiger charge is -2.17. The molecule has 120 valence electrons. The normalized spacial score (nSPS) is 15.6. The number of para-hydroxylation sites is 1. The fourth-order valence-electron chi connectivity index (χ4n) is 2.71. The van der Waals surface area contributed by atoms with Crippen LogP contribution in [0.3, 0.4) is 0 Å². The van der Waals surface area contributed by atoms with Gasteiger partial charge in [0.15, 0.2) is 0 Å². The number of carbonyl (C=O) groups is 1. The predicted octanol–water partition coefficient (Wildman–Crippen LogP) is 2.53. The molecule has 0 fully saturated rings. The van der Waals surface area contributed by atoms with Crippen LogP contribution in [0.25, 0.3) is 0 Å². The molecule has 1 heterocycles. The molecule has 0 spiro atoms. The van der Waals surface area contributed by atoms with Crippen molar-refractivity contribution in [1.82, 2.24) is 4.31 Å². The van der Waals surface area contributed by atoms with Crippen molar-refractivity contribution in [3.05, 3.63) is 59.2 Å². The van der Waals surface area contributed by atoms with Crippen molar-refractivity contribution in [3.63, 3.8) is 0 Å². The number of benzene rings is 2. The molecule has 3 rings (SSSR count). The monoisotopic (exact) mass is 331 g/mol. The first-order valence-electron chi connectivity index (χ1n) is 7.28. The van der Waals surface area contributed by atoms with Crippen molar-refractivity contribution in [2.45, 2.75) is 18.7 Å². The molecule has 0 saturated carbocycles. The highest BCUT2D eigenvalue weighted by Crippen LogP contribution is 2.30. The minimum Gasteiger partial charge on any atom is -0.491 e. The zero-order valence-electron chi connectivity index (χ0n) is 12.9. The van der Waals surface area contributed by atoms with Crippen LogP contribution in [0.4, 0.5) is 0 Å². The van der Waals surface area contributed by atoms with E-state index in [2.05, 4.69) is 0 Å². The third-order valence-corrected chi connectivity index (χ3v) is 5.70. The summed E-state index contributed by atoms with van der Waals surface area (Å²) in [6.07, 6.45) is 0. The third-order valence-electron chi connectivity index (χ3n) is 3.86. The largest absolute Gasteiger partial charge is 0.491 e. The highest BCUT2D eigenvalue weighted by Gasteiger charge is 2.40. The smallest absolute Gasteiger partial charge is 0.269 e. The van der Waals surface area contributed by atoms with E-state index < -0.39 is 15.9 Å². The van der Waals surface area contributed by atoms with Crippen LogP contribution >= 0.6 is 0 Å². The molecule has 23 heavy (non-hydrogen) atoms. The van der Waals surface area contributed by atoms with Gasteiger partial charge in [-0.15, -0.1) is 0 Å². The van der Waals surface area contributed by atoms with E-state index in [1.165, 1.54) is 12.1 Å². The van der Waals surface area contributed by atoms with Crippen LogP contribution < -0.4 is 4.74 Å². The number of carbonyl (C=O) groups excluding carboxylic acids is 1. The molecule has 0 aliphatic carbocycles. The fraction of sp³-hybridized carbons (Fsp3) is 0.235. The quantitative estimate of drug-likeness (QED) is 0.863. The number of amides is 1. The summed E-state index contributed by atoms with van der Waals surface area (Å²) in [4.78, 5) is 12.3. The van der Waals surface area contributed by atoms with E-state index in [4.69, 9.17) is 4.74 Å². The van der Waals surface area contributed by atoms with Crippen molar-refractivity contribution in [1.29, 1.82) is 0 Å². The average Bonchev–Trinajstić information content (AvgIpc) is 2.71. The number of aryl methyl sites for hydroxylation is 2. The topological polar surface area (TPSA) is 63.7 Å². The summed E-state index contributed by atoms with van der Waals surface area (Å²) in [7, 11) is -3.77. The van der Waals surface area contributed by atoms with Crippen LogP contribution in [0, 0.1) is 13.8 Å². The molecule has 6 heteroatoms. The molecule has 0 saturated heterocycles. The minimum absolute atomic E-state index is 0.0103. The van der Waals surface area contributed by atoms with Crippen molar-refractivity contribution in [3.8, 4) is 5.75 Å². The van der Waals surface area contributed by atoms with Crippen LogP contribution in [0.2, 0.25) is 0 Å². The van der Waals surface area contributed by atoms with E-state index >= 15 is 0 Å². The standard InChI is InChI=1S/C17H17NO4S/c1-12-6-5-7-13(2)16(12)22-11-10-18-17(19)14-8-3-4-9-15(14)23(18,20)21/h3-9H,10-11H2,1-2H3. The van der Waals surface area contributed by atoms with Crippen LogP contribution in [0.5, 0.6) is 5.75 Å². The average molecular weight is 331 g/mol. The van der Waals surface area contributed by atoms with Gasteiger partial charge < -0.3 is 4.74 Å². The maximum atomic E-state index is 12.4. The van der Waals surface area contributed by atoms with Crippen LogP contribution in [0.15, 0.2) is 47.4 Å². The Hall–Kier alpha value is -2.34. The molecular weight excluding hydrogens is 314 g/mol. The van der Waals surface area contributed by atoms with Gasteiger partial charge in [-0.2, -0.15) is 0 Å². The lowest BCUT2D eigenvalue weighted by Crippen LogP contribution is -2.33. The number of rotatable bonds is 4. The number of ether oxygens (including phenoxy) is 1. The van der Waals surface area contributed by atoms with Crippen molar-refractivity contribution < 1.29 is 17.9 Å². The van der Waals surface area contributed by atoms with E-state index in [-0.39, 0.29) is 23.6 Å². The summed E-state index contributed by atoms with van der Waals surface area (Å²) < 4.78 is 31.4. The molecule has 0 N–H and O–H groups in total. The maximum absolute atomic E-state index is 12.4. The lowest BCUT2D eigenvalue weighted by atomic mass is 10.1. The fourth-order valence-corrected chi connectivity index (χ4v) is 4.26. The van der Waals surface area contributed by atoms with Gasteiger partial charge in [-0.25, -0.2) is 12.7 Å². The first-order valence-corrected chi connectivity index (χ1v) is 8.72. The first-order chi connectivity index (χ1) is 10.9. The number of hydrogen-bond donors (Lipinski definition) is 0. The molecule has 1 aliphatic heterocycles. The zero-order valence-corrected chi connectivity index (χ0v) is 13.8. The highest BCUT2D eigenvalue weighted by atomic mass is 32.2. The Morgan fingerprint density at radius 2 is 1.65 bits per heavy atom. The molecular formula is C17H17NO4S. The van der Waals surface area contributed by atoms with Gasteiger partial charge in [0.1, 0.15) is 17.3 Å². The summed E-state index contributed by atoms with van der Waals surface area (Å²) >= 11 is 0. The molecule has 2 aromatic rings. The lowest BCUT2D eigenvalue weighted by molar-refractivity contribution is 0.0857. The number of nitrogens with zero attached hydrogens (tertiary/aromatic N) is 1. The Kier molecular flexibility index (Phi) is 3.85. The van der Waals surface area contributed by atoms with E-state index in [9.17, 15) is 13.2 Å². The van der Waals surface area contributed by atoms with E-state index in [1.807, 2.05) is 32.0 Å². The second kappa shape index (κ2) is 5.70. The summed E-state index contributed by atoms with van der Waals surface area (Å²) in [5.74, 6) is 0.236. The molecule has 5 nitrogen and oxygen atoms in total. The van der Waals surface area contributed by atoms with Gasteiger partial charge in [0.25, 0.3) is 15.9 Å². The third kappa shape index (κ3) is 2.59. The van der Waals surface area contributed by atoms with Gasteiger partial charge in [-0.05, 0) is 37.1 Å². The molecule has 0 bridgehead atoms. The molecule has 2 aromatic carbocycles.